The molecule has 1 heterocycles. The number of carbonyl (C=O) groups is 1. The molecule has 96 valence electrons. The van der Waals surface area contributed by atoms with Crippen molar-refractivity contribution in [2.24, 2.45) is 5.92 Å². The molecule has 0 radical (unpaired) electrons. The van der Waals surface area contributed by atoms with Crippen molar-refractivity contribution in [2.75, 3.05) is 11.9 Å². The van der Waals surface area contributed by atoms with Gasteiger partial charge in [-0.3, -0.25) is 0 Å². The Balaban J connectivity index is 2.52. The van der Waals surface area contributed by atoms with E-state index in [4.69, 9.17) is 9.52 Å². The fourth-order valence-corrected chi connectivity index (χ4v) is 1.67. The van der Waals surface area contributed by atoms with E-state index in [-0.39, 0.29) is 18.3 Å². The maximum atomic E-state index is 10.6. The van der Waals surface area contributed by atoms with Crippen LogP contribution >= 0.6 is 0 Å². The Morgan fingerprint density at radius 3 is 2.76 bits per heavy atom. The van der Waals surface area contributed by atoms with Crippen LogP contribution in [0.3, 0.4) is 0 Å². The van der Waals surface area contributed by atoms with Crippen molar-refractivity contribution in [2.45, 2.75) is 32.8 Å². The molecule has 1 rings (SSSR count). The van der Waals surface area contributed by atoms with Crippen molar-refractivity contribution in [1.29, 1.82) is 0 Å². The van der Waals surface area contributed by atoms with Gasteiger partial charge in [0.2, 0.25) is 0 Å². The Bertz CT molecular complexity index is 385. The number of rotatable bonds is 6. The summed E-state index contributed by atoms with van der Waals surface area (Å²) in [6.07, 6.45) is 1.69. The SMILES string of the molecule is CC(C)CC(C)(O)CNc1nc(C(=O)O)co1. The number of nitrogens with one attached hydrogen (secondary N) is 1. The molecular formula is C11H18N2O4. The van der Waals surface area contributed by atoms with E-state index in [0.717, 1.165) is 6.26 Å². The van der Waals surface area contributed by atoms with E-state index in [1.165, 1.54) is 0 Å². The fraction of sp³-hybridized carbons (Fsp3) is 0.636. The molecule has 1 aromatic heterocycles. The smallest absolute Gasteiger partial charge is 0.357 e. The van der Waals surface area contributed by atoms with Crippen molar-refractivity contribution in [1.82, 2.24) is 4.98 Å². The molecule has 0 bridgehead atoms. The van der Waals surface area contributed by atoms with Crippen LogP contribution in [0.15, 0.2) is 10.7 Å². The highest BCUT2D eigenvalue weighted by molar-refractivity contribution is 5.85. The second-order valence-electron chi connectivity index (χ2n) is 4.79. The molecule has 17 heavy (non-hydrogen) atoms. The normalized spacial score (nSPS) is 14.6. The molecule has 0 aliphatic rings. The largest absolute Gasteiger partial charge is 0.476 e. The van der Waals surface area contributed by atoms with Gasteiger partial charge in [-0.05, 0) is 19.3 Å². The molecule has 1 unspecified atom stereocenters. The number of aromatic carboxylic acids is 1. The summed E-state index contributed by atoms with van der Waals surface area (Å²) in [5.74, 6) is -0.776. The highest BCUT2D eigenvalue weighted by Gasteiger charge is 2.22. The van der Waals surface area contributed by atoms with Crippen LogP contribution in [0.4, 0.5) is 6.01 Å². The molecule has 0 amide bonds. The monoisotopic (exact) mass is 242 g/mol. The van der Waals surface area contributed by atoms with Gasteiger partial charge in [0.05, 0.1) is 5.60 Å². The van der Waals surface area contributed by atoms with E-state index in [9.17, 15) is 9.90 Å². The molecule has 0 aromatic carbocycles. The first-order chi connectivity index (χ1) is 7.80. The highest BCUT2D eigenvalue weighted by atomic mass is 16.4. The highest BCUT2D eigenvalue weighted by Crippen LogP contribution is 2.17. The van der Waals surface area contributed by atoms with Gasteiger partial charge in [-0.1, -0.05) is 13.8 Å². The summed E-state index contributed by atoms with van der Waals surface area (Å²) < 4.78 is 4.91. The topological polar surface area (TPSA) is 95.6 Å². The van der Waals surface area contributed by atoms with Crippen molar-refractivity contribution in [3.8, 4) is 0 Å². The summed E-state index contributed by atoms with van der Waals surface area (Å²) in [6.45, 7) is 6.00. The van der Waals surface area contributed by atoms with Gasteiger partial charge < -0.3 is 19.9 Å². The molecule has 0 saturated heterocycles. The first-order valence-corrected chi connectivity index (χ1v) is 5.45. The van der Waals surface area contributed by atoms with Crippen LogP contribution in [0.25, 0.3) is 0 Å². The second-order valence-corrected chi connectivity index (χ2v) is 4.79. The number of anilines is 1. The number of carboxylic acids is 1. The number of oxazole rings is 1. The Kier molecular flexibility index (Phi) is 4.11. The lowest BCUT2D eigenvalue weighted by Crippen LogP contribution is -2.34. The van der Waals surface area contributed by atoms with Crippen LogP contribution in [-0.2, 0) is 0 Å². The van der Waals surface area contributed by atoms with Crippen LogP contribution in [0.1, 0.15) is 37.7 Å². The van der Waals surface area contributed by atoms with E-state index in [1.807, 2.05) is 13.8 Å². The van der Waals surface area contributed by atoms with Crippen LogP contribution < -0.4 is 5.32 Å². The Morgan fingerprint density at radius 1 is 1.65 bits per heavy atom. The van der Waals surface area contributed by atoms with Crippen molar-refractivity contribution in [3.63, 3.8) is 0 Å². The third-order valence-electron chi connectivity index (χ3n) is 2.19. The number of aromatic nitrogens is 1. The maximum absolute atomic E-state index is 10.6. The molecule has 0 aliphatic carbocycles. The maximum Gasteiger partial charge on any atom is 0.357 e. The van der Waals surface area contributed by atoms with Gasteiger partial charge in [-0.15, -0.1) is 0 Å². The molecule has 3 N–H and O–H groups in total. The van der Waals surface area contributed by atoms with Crippen molar-refractivity contribution < 1.29 is 19.4 Å². The third-order valence-corrected chi connectivity index (χ3v) is 2.19. The zero-order valence-electron chi connectivity index (χ0n) is 10.2. The van der Waals surface area contributed by atoms with Gasteiger partial charge in [0.15, 0.2) is 5.69 Å². The Morgan fingerprint density at radius 2 is 2.29 bits per heavy atom. The van der Waals surface area contributed by atoms with E-state index in [0.29, 0.717) is 12.3 Å². The number of hydrogen-bond donors (Lipinski definition) is 3. The lowest BCUT2D eigenvalue weighted by molar-refractivity contribution is 0.0510. The third kappa shape index (κ3) is 4.44. The van der Waals surface area contributed by atoms with Gasteiger partial charge in [0.25, 0.3) is 6.01 Å². The summed E-state index contributed by atoms with van der Waals surface area (Å²) in [5, 5.41) is 21.4. The summed E-state index contributed by atoms with van der Waals surface area (Å²) in [4.78, 5) is 14.3. The molecule has 1 atom stereocenters. The first kappa shape index (κ1) is 13.5. The minimum absolute atomic E-state index is 0.103. The first-order valence-electron chi connectivity index (χ1n) is 5.45. The summed E-state index contributed by atoms with van der Waals surface area (Å²) in [6, 6.07) is 0.103. The molecule has 6 nitrogen and oxygen atoms in total. The van der Waals surface area contributed by atoms with Crippen LogP contribution in [0, 0.1) is 5.92 Å². The van der Waals surface area contributed by atoms with Gasteiger partial charge in [-0.25, -0.2) is 4.79 Å². The minimum Gasteiger partial charge on any atom is -0.476 e. The standard InChI is InChI=1S/C11H18N2O4/c1-7(2)4-11(3,16)6-12-10-13-8(5-17-10)9(14)15/h5,7,16H,4,6H2,1-3H3,(H,12,13)(H,14,15). The van der Waals surface area contributed by atoms with Gasteiger partial charge in [0, 0.05) is 6.54 Å². The lowest BCUT2D eigenvalue weighted by atomic mass is 9.94. The molecule has 0 aliphatic heterocycles. The quantitative estimate of drug-likeness (QED) is 0.701. The van der Waals surface area contributed by atoms with Crippen molar-refractivity contribution >= 4 is 12.0 Å². The minimum atomic E-state index is -1.14. The number of carboxylic acid groups (broad SMARTS) is 1. The second kappa shape index (κ2) is 5.18. The Labute approximate surface area is 99.7 Å². The van der Waals surface area contributed by atoms with Gasteiger partial charge in [-0.2, -0.15) is 4.98 Å². The van der Waals surface area contributed by atoms with Gasteiger partial charge in [0.1, 0.15) is 6.26 Å². The van der Waals surface area contributed by atoms with Crippen molar-refractivity contribution in [3.05, 3.63) is 12.0 Å². The van der Waals surface area contributed by atoms with Crippen LogP contribution in [0.5, 0.6) is 0 Å². The summed E-state index contributed by atoms with van der Waals surface area (Å²) >= 11 is 0. The average Bonchev–Trinajstić information content (AvgIpc) is 2.61. The zero-order valence-corrected chi connectivity index (χ0v) is 10.2. The molecule has 0 spiro atoms. The van der Waals surface area contributed by atoms with E-state index >= 15 is 0 Å². The van der Waals surface area contributed by atoms with E-state index in [1.54, 1.807) is 6.92 Å². The predicted molar refractivity (Wildman–Crippen MR) is 62.0 cm³/mol. The molecular weight excluding hydrogens is 224 g/mol. The number of aliphatic hydroxyl groups is 1. The Hall–Kier alpha value is -1.56. The summed E-state index contributed by atoms with van der Waals surface area (Å²) in [5.41, 5.74) is -1.04. The molecule has 6 heteroatoms. The average molecular weight is 242 g/mol. The lowest BCUT2D eigenvalue weighted by Gasteiger charge is -2.25. The predicted octanol–water partition coefficient (Wildman–Crippen LogP) is 1.58. The van der Waals surface area contributed by atoms with Gasteiger partial charge >= 0.3 is 5.97 Å². The molecule has 1 aromatic rings. The molecule has 0 fully saturated rings. The zero-order chi connectivity index (χ0) is 13.1. The van der Waals surface area contributed by atoms with Crippen LogP contribution in [-0.4, -0.2) is 33.3 Å². The molecule has 0 saturated carbocycles. The number of nitrogens with zero attached hydrogens (tertiary/aromatic N) is 1. The summed E-state index contributed by atoms with van der Waals surface area (Å²) in [7, 11) is 0. The van der Waals surface area contributed by atoms with E-state index in [2.05, 4.69) is 10.3 Å². The van der Waals surface area contributed by atoms with E-state index < -0.39 is 11.6 Å². The van der Waals surface area contributed by atoms with Crippen LogP contribution in [0.2, 0.25) is 0 Å². The fourth-order valence-electron chi connectivity index (χ4n) is 1.67. The number of hydrogen-bond acceptors (Lipinski definition) is 5.